The summed E-state index contributed by atoms with van der Waals surface area (Å²) in [7, 11) is -3.62. The summed E-state index contributed by atoms with van der Waals surface area (Å²) in [6, 6.07) is 9.30. The molecule has 0 saturated heterocycles. The number of H-pyrrole nitrogens is 1. The highest BCUT2D eigenvalue weighted by molar-refractivity contribution is 7.89. The monoisotopic (exact) mass is 479 g/mol. The fraction of sp³-hybridized carbons (Fsp3) is 0.300. The number of tetrazole rings is 1. The number of halogens is 3. The average Bonchev–Trinajstić information content (AvgIpc) is 3.40. The summed E-state index contributed by atoms with van der Waals surface area (Å²) in [5.74, 6) is 0.486. The van der Waals surface area contributed by atoms with Crippen molar-refractivity contribution in [1.82, 2.24) is 34.5 Å². The molecule has 4 rings (SSSR count). The summed E-state index contributed by atoms with van der Waals surface area (Å²) in [4.78, 5) is 8.79. The molecule has 0 radical (unpaired) electrons. The number of nitrogens with zero attached hydrogens (tertiary/aromatic N) is 6. The second-order valence-corrected chi connectivity index (χ2v) is 9.11. The van der Waals surface area contributed by atoms with Gasteiger partial charge < -0.3 is 4.98 Å². The minimum absolute atomic E-state index is 0.0461. The molecule has 0 aliphatic rings. The van der Waals surface area contributed by atoms with Crippen molar-refractivity contribution in [2.45, 2.75) is 31.5 Å². The Labute approximate surface area is 187 Å². The number of hydrogen-bond acceptors (Lipinski definition) is 6. The molecule has 13 heteroatoms. The van der Waals surface area contributed by atoms with Gasteiger partial charge in [-0.25, -0.2) is 13.4 Å². The molecule has 0 aliphatic carbocycles. The van der Waals surface area contributed by atoms with E-state index in [1.165, 1.54) is 33.4 Å². The van der Waals surface area contributed by atoms with Crippen molar-refractivity contribution in [2.24, 2.45) is 0 Å². The third-order valence-electron chi connectivity index (χ3n) is 5.04. The van der Waals surface area contributed by atoms with Crippen LogP contribution in [-0.2, 0) is 22.7 Å². The van der Waals surface area contributed by atoms with Crippen molar-refractivity contribution in [1.29, 1.82) is 0 Å². The fourth-order valence-electron chi connectivity index (χ4n) is 3.38. The molecule has 2 aromatic heterocycles. The standard InChI is InChI=1S/C20H20F3N7O2S/c1-3-29(4-2)33(31,32)15-8-9-16-17(11-15)25-18(24-16)12-30-27-19(26-28-30)13-6-5-7-14(10-13)20(21,22)23/h5-11H,3-4,12H2,1-2H3,(H,24,25). The molecule has 174 valence electrons. The van der Waals surface area contributed by atoms with Crippen LogP contribution < -0.4 is 0 Å². The van der Waals surface area contributed by atoms with E-state index in [9.17, 15) is 21.6 Å². The molecular formula is C20H20F3N7O2S. The maximum Gasteiger partial charge on any atom is 0.416 e. The lowest BCUT2D eigenvalue weighted by molar-refractivity contribution is -0.137. The third kappa shape index (κ3) is 4.59. The summed E-state index contributed by atoms with van der Waals surface area (Å²) < 4.78 is 65.7. The number of hydrogen-bond donors (Lipinski definition) is 1. The SMILES string of the molecule is CCN(CC)S(=O)(=O)c1ccc2nc(Cn3nnc(-c4cccc(C(F)(F)F)c4)n3)[nH]c2c1. The fourth-order valence-corrected chi connectivity index (χ4v) is 4.87. The van der Waals surface area contributed by atoms with Crippen LogP contribution in [0.5, 0.6) is 0 Å². The molecule has 0 amide bonds. The molecule has 0 bridgehead atoms. The quantitative estimate of drug-likeness (QED) is 0.436. The van der Waals surface area contributed by atoms with E-state index >= 15 is 0 Å². The van der Waals surface area contributed by atoms with Crippen molar-refractivity contribution < 1.29 is 21.6 Å². The number of fused-ring (bicyclic) bond motifs is 1. The van der Waals surface area contributed by atoms with E-state index < -0.39 is 21.8 Å². The van der Waals surface area contributed by atoms with Gasteiger partial charge in [-0.2, -0.15) is 22.3 Å². The van der Waals surface area contributed by atoms with E-state index in [1.54, 1.807) is 19.9 Å². The number of nitrogens with one attached hydrogen (secondary N) is 1. The predicted octanol–water partition coefficient (Wildman–Crippen LogP) is 3.31. The van der Waals surface area contributed by atoms with E-state index in [0.29, 0.717) is 29.9 Å². The zero-order valence-electron chi connectivity index (χ0n) is 17.7. The Balaban J connectivity index is 1.58. The van der Waals surface area contributed by atoms with Gasteiger partial charge in [-0.3, -0.25) is 0 Å². The lowest BCUT2D eigenvalue weighted by Crippen LogP contribution is -2.30. The van der Waals surface area contributed by atoms with Gasteiger partial charge in [0.1, 0.15) is 12.4 Å². The second-order valence-electron chi connectivity index (χ2n) is 7.17. The Kier molecular flexibility index (Phi) is 5.93. The van der Waals surface area contributed by atoms with Gasteiger partial charge in [-0.1, -0.05) is 26.0 Å². The van der Waals surface area contributed by atoms with Crippen molar-refractivity contribution in [3.05, 3.63) is 53.9 Å². The number of imidazole rings is 1. The van der Waals surface area contributed by atoms with Gasteiger partial charge in [-0.05, 0) is 35.5 Å². The van der Waals surface area contributed by atoms with E-state index in [2.05, 4.69) is 25.4 Å². The van der Waals surface area contributed by atoms with Gasteiger partial charge in [-0.15, -0.1) is 10.2 Å². The van der Waals surface area contributed by atoms with E-state index in [4.69, 9.17) is 0 Å². The lowest BCUT2D eigenvalue weighted by atomic mass is 10.1. The van der Waals surface area contributed by atoms with Crippen molar-refractivity contribution in [3.63, 3.8) is 0 Å². The normalized spacial score (nSPS) is 12.7. The molecule has 2 heterocycles. The Morgan fingerprint density at radius 2 is 1.85 bits per heavy atom. The molecule has 1 N–H and O–H groups in total. The minimum atomic E-state index is -4.47. The first kappa shape index (κ1) is 22.9. The number of rotatable bonds is 7. The smallest absolute Gasteiger partial charge is 0.340 e. The molecule has 33 heavy (non-hydrogen) atoms. The third-order valence-corrected chi connectivity index (χ3v) is 7.08. The first-order chi connectivity index (χ1) is 15.6. The lowest BCUT2D eigenvalue weighted by Gasteiger charge is -2.18. The Morgan fingerprint density at radius 1 is 1.09 bits per heavy atom. The van der Waals surface area contributed by atoms with E-state index in [1.807, 2.05) is 0 Å². The van der Waals surface area contributed by atoms with Crippen LogP contribution in [0.25, 0.3) is 22.4 Å². The first-order valence-corrected chi connectivity index (χ1v) is 11.5. The maximum atomic E-state index is 13.0. The molecule has 0 fully saturated rings. The number of aromatic nitrogens is 6. The number of sulfonamides is 1. The van der Waals surface area contributed by atoms with E-state index in [0.717, 1.165) is 12.1 Å². The Hall–Kier alpha value is -3.32. The molecule has 0 unspecified atom stereocenters. The highest BCUT2D eigenvalue weighted by atomic mass is 32.2. The molecule has 9 nitrogen and oxygen atoms in total. The van der Waals surface area contributed by atoms with Crippen LogP contribution in [0.2, 0.25) is 0 Å². The van der Waals surface area contributed by atoms with Crippen LogP contribution in [0, 0.1) is 0 Å². The molecular weight excluding hydrogens is 459 g/mol. The largest absolute Gasteiger partial charge is 0.416 e. The zero-order chi connectivity index (χ0) is 23.8. The van der Waals surface area contributed by atoms with Gasteiger partial charge in [0.25, 0.3) is 0 Å². The minimum Gasteiger partial charge on any atom is -0.340 e. The molecule has 0 atom stereocenters. The van der Waals surface area contributed by atoms with E-state index in [-0.39, 0.29) is 22.8 Å². The first-order valence-electron chi connectivity index (χ1n) is 10.1. The second kappa shape index (κ2) is 8.56. The van der Waals surface area contributed by atoms with Gasteiger partial charge in [0.2, 0.25) is 15.8 Å². The summed E-state index contributed by atoms with van der Waals surface area (Å²) in [5, 5.41) is 11.9. The van der Waals surface area contributed by atoms with Crippen molar-refractivity contribution in [2.75, 3.05) is 13.1 Å². The van der Waals surface area contributed by atoms with Crippen LogP contribution in [0.3, 0.4) is 0 Å². The summed E-state index contributed by atoms with van der Waals surface area (Å²) in [6.45, 7) is 4.33. The van der Waals surface area contributed by atoms with Gasteiger partial charge in [0.05, 0.1) is 21.5 Å². The predicted molar refractivity (Wildman–Crippen MR) is 114 cm³/mol. The van der Waals surface area contributed by atoms with Crippen molar-refractivity contribution >= 4 is 21.1 Å². The summed E-state index contributed by atoms with van der Waals surface area (Å²) in [6.07, 6.45) is -4.47. The van der Waals surface area contributed by atoms with Gasteiger partial charge in [0, 0.05) is 18.7 Å². The van der Waals surface area contributed by atoms with Gasteiger partial charge in [0.15, 0.2) is 0 Å². The molecule has 4 aromatic rings. The Morgan fingerprint density at radius 3 is 2.55 bits per heavy atom. The molecule has 0 saturated carbocycles. The average molecular weight is 479 g/mol. The molecule has 2 aromatic carbocycles. The molecule has 0 aliphatic heterocycles. The van der Waals surface area contributed by atoms with Gasteiger partial charge >= 0.3 is 6.18 Å². The highest BCUT2D eigenvalue weighted by Crippen LogP contribution is 2.31. The summed E-state index contributed by atoms with van der Waals surface area (Å²) >= 11 is 0. The maximum absolute atomic E-state index is 13.0. The summed E-state index contributed by atoms with van der Waals surface area (Å²) in [5.41, 5.74) is 0.467. The number of benzene rings is 2. The van der Waals surface area contributed by atoms with Crippen LogP contribution in [-0.4, -0.2) is 56.0 Å². The Bertz CT molecular complexity index is 1390. The topological polar surface area (TPSA) is 110 Å². The number of aromatic amines is 1. The number of alkyl halides is 3. The molecule has 0 spiro atoms. The van der Waals surface area contributed by atoms with Crippen molar-refractivity contribution in [3.8, 4) is 11.4 Å². The highest BCUT2D eigenvalue weighted by Gasteiger charge is 2.30. The van der Waals surface area contributed by atoms with Crippen LogP contribution in [0.1, 0.15) is 25.2 Å². The van der Waals surface area contributed by atoms with Crippen LogP contribution in [0.15, 0.2) is 47.4 Å². The van der Waals surface area contributed by atoms with Crippen LogP contribution in [0.4, 0.5) is 13.2 Å². The zero-order valence-corrected chi connectivity index (χ0v) is 18.5. The van der Waals surface area contributed by atoms with Crippen LogP contribution >= 0.6 is 0 Å².